The Labute approximate surface area is 89.9 Å². The van der Waals surface area contributed by atoms with Crippen LogP contribution in [0.1, 0.15) is 24.4 Å². The number of fused-ring (bicyclic) bond motifs is 3. The largest absolute Gasteiger partial charge is 0.297 e. The average molecular weight is 201 g/mol. The Morgan fingerprint density at radius 2 is 1.73 bits per heavy atom. The van der Waals surface area contributed by atoms with Gasteiger partial charge in [-0.05, 0) is 31.5 Å². The number of piperidine rings is 3. The third kappa shape index (κ3) is 1.40. The standard InChI is InChI=1S/C13H15NO/c15-13-11-6-8-14(9-7-11)12(13)10-4-2-1-3-5-10/h1-5,11-12H,6-9H2. The fourth-order valence-corrected chi connectivity index (χ4v) is 2.86. The molecule has 3 heterocycles. The minimum Gasteiger partial charge on any atom is -0.297 e. The van der Waals surface area contributed by atoms with Crippen LogP contribution in [0.4, 0.5) is 0 Å². The van der Waals surface area contributed by atoms with Gasteiger partial charge in [0.2, 0.25) is 0 Å². The molecule has 3 saturated heterocycles. The molecular weight excluding hydrogens is 186 g/mol. The Morgan fingerprint density at radius 3 is 2.33 bits per heavy atom. The molecule has 0 radical (unpaired) electrons. The van der Waals surface area contributed by atoms with E-state index in [-0.39, 0.29) is 6.04 Å². The van der Waals surface area contributed by atoms with Gasteiger partial charge in [0.15, 0.2) is 5.78 Å². The number of ketones is 1. The molecule has 0 aliphatic carbocycles. The molecule has 2 heteroatoms. The first-order chi connectivity index (χ1) is 7.36. The summed E-state index contributed by atoms with van der Waals surface area (Å²) in [5.74, 6) is 0.777. The molecule has 3 aliphatic heterocycles. The lowest BCUT2D eigenvalue weighted by atomic mass is 9.79. The van der Waals surface area contributed by atoms with Gasteiger partial charge in [0.05, 0.1) is 6.04 Å². The molecule has 15 heavy (non-hydrogen) atoms. The summed E-state index contributed by atoms with van der Waals surface area (Å²) < 4.78 is 0. The molecule has 0 N–H and O–H groups in total. The van der Waals surface area contributed by atoms with Gasteiger partial charge in [0.1, 0.15) is 0 Å². The van der Waals surface area contributed by atoms with Crippen molar-refractivity contribution in [3.63, 3.8) is 0 Å². The predicted octanol–water partition coefficient (Wildman–Crippen LogP) is 2.02. The highest BCUT2D eigenvalue weighted by molar-refractivity contribution is 5.88. The normalized spacial score (nSPS) is 34.4. The quantitative estimate of drug-likeness (QED) is 0.693. The number of rotatable bonds is 1. The van der Waals surface area contributed by atoms with Gasteiger partial charge in [-0.25, -0.2) is 0 Å². The topological polar surface area (TPSA) is 20.3 Å². The van der Waals surface area contributed by atoms with Crippen LogP contribution in [0.3, 0.4) is 0 Å². The molecule has 0 aromatic heterocycles. The molecule has 1 aromatic carbocycles. The fraction of sp³-hybridized carbons (Fsp3) is 0.462. The Balaban J connectivity index is 1.96. The van der Waals surface area contributed by atoms with Crippen molar-refractivity contribution in [3.05, 3.63) is 35.9 Å². The van der Waals surface area contributed by atoms with Gasteiger partial charge in [-0.2, -0.15) is 0 Å². The van der Waals surface area contributed by atoms with E-state index in [1.165, 1.54) is 5.56 Å². The first-order valence-electron chi connectivity index (χ1n) is 5.69. The second-order valence-electron chi connectivity index (χ2n) is 4.53. The Hall–Kier alpha value is -1.15. The molecule has 2 nitrogen and oxygen atoms in total. The van der Waals surface area contributed by atoms with Crippen LogP contribution < -0.4 is 0 Å². The van der Waals surface area contributed by atoms with Crippen LogP contribution in [0, 0.1) is 5.92 Å². The van der Waals surface area contributed by atoms with Crippen molar-refractivity contribution in [1.29, 1.82) is 0 Å². The minimum atomic E-state index is 0.0544. The van der Waals surface area contributed by atoms with Gasteiger partial charge in [-0.3, -0.25) is 9.69 Å². The molecule has 0 saturated carbocycles. The van der Waals surface area contributed by atoms with E-state index >= 15 is 0 Å². The lowest BCUT2D eigenvalue weighted by Gasteiger charge is -2.44. The maximum atomic E-state index is 12.1. The monoisotopic (exact) mass is 201 g/mol. The summed E-state index contributed by atoms with van der Waals surface area (Å²) in [5, 5.41) is 0. The molecular formula is C13H15NO. The lowest BCUT2D eigenvalue weighted by molar-refractivity contribution is -0.137. The van der Waals surface area contributed by atoms with E-state index in [9.17, 15) is 4.79 Å². The molecule has 3 fully saturated rings. The third-order valence-electron chi connectivity index (χ3n) is 3.68. The molecule has 3 aliphatic rings. The maximum absolute atomic E-state index is 12.1. The van der Waals surface area contributed by atoms with Gasteiger partial charge in [-0.1, -0.05) is 30.3 Å². The van der Waals surface area contributed by atoms with Crippen molar-refractivity contribution in [2.75, 3.05) is 13.1 Å². The molecule has 4 rings (SSSR count). The summed E-state index contributed by atoms with van der Waals surface area (Å²) in [4.78, 5) is 14.5. The second kappa shape index (κ2) is 3.46. The van der Waals surface area contributed by atoms with Crippen LogP contribution in [-0.2, 0) is 4.79 Å². The van der Waals surface area contributed by atoms with E-state index in [1.54, 1.807) is 0 Å². The van der Waals surface area contributed by atoms with Crippen LogP contribution in [-0.4, -0.2) is 23.8 Å². The van der Waals surface area contributed by atoms with Gasteiger partial charge in [0, 0.05) is 5.92 Å². The first-order valence-corrected chi connectivity index (χ1v) is 5.69. The number of hydrogen-bond acceptors (Lipinski definition) is 2. The summed E-state index contributed by atoms with van der Waals surface area (Å²) in [7, 11) is 0. The summed E-state index contributed by atoms with van der Waals surface area (Å²) >= 11 is 0. The number of Topliss-reactive ketones (excluding diaryl/α,β-unsaturated/α-hetero) is 1. The van der Waals surface area contributed by atoms with Crippen LogP contribution in [0.5, 0.6) is 0 Å². The smallest absolute Gasteiger partial charge is 0.157 e. The average Bonchev–Trinajstić information content (AvgIpc) is 2.31. The first kappa shape index (κ1) is 9.10. The van der Waals surface area contributed by atoms with Gasteiger partial charge in [-0.15, -0.1) is 0 Å². The number of nitrogens with zero attached hydrogens (tertiary/aromatic N) is 1. The van der Waals surface area contributed by atoms with Crippen molar-refractivity contribution in [2.45, 2.75) is 18.9 Å². The second-order valence-corrected chi connectivity index (χ2v) is 4.53. The lowest BCUT2D eigenvalue weighted by Crippen LogP contribution is -2.50. The van der Waals surface area contributed by atoms with Crippen molar-refractivity contribution in [1.82, 2.24) is 4.90 Å². The Kier molecular flexibility index (Phi) is 2.10. The van der Waals surface area contributed by atoms with E-state index in [2.05, 4.69) is 17.0 Å². The zero-order chi connectivity index (χ0) is 10.3. The van der Waals surface area contributed by atoms with Crippen LogP contribution in [0.2, 0.25) is 0 Å². The van der Waals surface area contributed by atoms with Gasteiger partial charge in [0.25, 0.3) is 0 Å². The highest BCUT2D eigenvalue weighted by atomic mass is 16.1. The van der Waals surface area contributed by atoms with Crippen molar-refractivity contribution < 1.29 is 4.79 Å². The molecule has 1 atom stereocenters. The number of carbonyl (C=O) groups is 1. The molecule has 0 spiro atoms. The molecule has 1 aromatic rings. The Bertz CT molecular complexity index is 365. The van der Waals surface area contributed by atoms with Crippen molar-refractivity contribution in [2.24, 2.45) is 5.92 Å². The number of benzene rings is 1. The SMILES string of the molecule is O=C1C2CCN(CC2)C1c1ccccc1. The third-order valence-corrected chi connectivity index (χ3v) is 3.68. The van der Waals surface area contributed by atoms with Crippen molar-refractivity contribution >= 4 is 5.78 Å². The van der Waals surface area contributed by atoms with E-state index in [0.717, 1.165) is 25.9 Å². The summed E-state index contributed by atoms with van der Waals surface area (Å²) in [6.07, 6.45) is 2.14. The zero-order valence-corrected chi connectivity index (χ0v) is 8.73. The maximum Gasteiger partial charge on any atom is 0.157 e. The summed E-state index contributed by atoms with van der Waals surface area (Å²) in [6, 6.07) is 10.2. The summed E-state index contributed by atoms with van der Waals surface area (Å²) in [6.45, 7) is 2.19. The predicted molar refractivity (Wildman–Crippen MR) is 58.5 cm³/mol. The van der Waals surface area contributed by atoms with Crippen LogP contribution in [0.25, 0.3) is 0 Å². The molecule has 2 bridgehead atoms. The number of carbonyl (C=O) groups excluding carboxylic acids is 1. The van der Waals surface area contributed by atoms with Crippen LogP contribution >= 0.6 is 0 Å². The van der Waals surface area contributed by atoms with Gasteiger partial charge < -0.3 is 0 Å². The minimum absolute atomic E-state index is 0.0544. The zero-order valence-electron chi connectivity index (χ0n) is 8.73. The highest BCUT2D eigenvalue weighted by Gasteiger charge is 2.41. The van der Waals surface area contributed by atoms with E-state index in [0.29, 0.717) is 11.7 Å². The Morgan fingerprint density at radius 1 is 1.07 bits per heavy atom. The van der Waals surface area contributed by atoms with Crippen molar-refractivity contribution in [3.8, 4) is 0 Å². The van der Waals surface area contributed by atoms with E-state index < -0.39 is 0 Å². The fourth-order valence-electron chi connectivity index (χ4n) is 2.86. The highest BCUT2D eigenvalue weighted by Crippen LogP contribution is 2.37. The van der Waals surface area contributed by atoms with Crippen LogP contribution in [0.15, 0.2) is 30.3 Å². The molecule has 78 valence electrons. The number of hydrogen-bond donors (Lipinski definition) is 0. The van der Waals surface area contributed by atoms with E-state index in [4.69, 9.17) is 0 Å². The van der Waals surface area contributed by atoms with E-state index in [1.807, 2.05) is 18.2 Å². The molecule has 0 amide bonds. The summed E-state index contributed by atoms with van der Waals surface area (Å²) in [5.41, 5.74) is 1.17. The molecule has 1 unspecified atom stereocenters. The van der Waals surface area contributed by atoms with Gasteiger partial charge >= 0.3 is 0 Å².